The number of nitrogens with zero attached hydrogens (tertiary/aromatic N) is 1. The van der Waals surface area contributed by atoms with Crippen molar-refractivity contribution in [2.75, 3.05) is 12.4 Å². The molecule has 0 unspecified atom stereocenters. The third-order valence-corrected chi connectivity index (χ3v) is 3.88. The molecule has 1 heterocycles. The molecular weight excluding hydrogens is 304 g/mol. The van der Waals surface area contributed by atoms with Crippen LogP contribution in [-0.4, -0.2) is 18.2 Å². The Balaban J connectivity index is 1.76. The van der Waals surface area contributed by atoms with E-state index in [-0.39, 0.29) is 11.6 Å². The van der Waals surface area contributed by atoms with Crippen molar-refractivity contribution in [3.05, 3.63) is 65.4 Å². The second kappa shape index (κ2) is 6.58. The van der Waals surface area contributed by atoms with E-state index in [4.69, 9.17) is 9.26 Å². The molecule has 0 fully saturated rings. The Kier molecular flexibility index (Phi) is 4.33. The Labute approximate surface area is 140 Å². The molecule has 0 aliphatic heterocycles. The molecule has 1 aromatic heterocycles. The Hall–Kier alpha value is -3.08. The molecule has 0 spiro atoms. The Morgan fingerprint density at radius 3 is 2.46 bits per heavy atom. The van der Waals surface area contributed by atoms with Gasteiger partial charge in [0.05, 0.1) is 7.11 Å². The molecule has 24 heavy (non-hydrogen) atoms. The van der Waals surface area contributed by atoms with Crippen LogP contribution >= 0.6 is 0 Å². The SMILES string of the molecule is COc1ccc(-c2cc(C(=O)Nc3ccc(C)c(C)c3)no2)cc1. The third kappa shape index (κ3) is 3.30. The maximum absolute atomic E-state index is 12.3. The zero-order valence-electron chi connectivity index (χ0n) is 13.8. The summed E-state index contributed by atoms with van der Waals surface area (Å²) in [6.07, 6.45) is 0. The van der Waals surface area contributed by atoms with Gasteiger partial charge in [0.25, 0.3) is 5.91 Å². The first-order chi connectivity index (χ1) is 11.6. The fourth-order valence-corrected chi connectivity index (χ4v) is 2.29. The summed E-state index contributed by atoms with van der Waals surface area (Å²) in [4.78, 5) is 12.3. The van der Waals surface area contributed by atoms with Gasteiger partial charge in [-0.3, -0.25) is 4.79 Å². The maximum atomic E-state index is 12.3. The van der Waals surface area contributed by atoms with Crippen LogP contribution in [0.4, 0.5) is 5.69 Å². The average Bonchev–Trinajstić information content (AvgIpc) is 3.08. The molecule has 1 N–H and O–H groups in total. The van der Waals surface area contributed by atoms with Crippen molar-refractivity contribution in [3.8, 4) is 17.1 Å². The lowest BCUT2D eigenvalue weighted by molar-refractivity contribution is 0.101. The number of ether oxygens (including phenoxy) is 1. The molecule has 3 aromatic rings. The zero-order chi connectivity index (χ0) is 17.1. The van der Waals surface area contributed by atoms with Crippen molar-refractivity contribution in [2.45, 2.75) is 13.8 Å². The van der Waals surface area contributed by atoms with Gasteiger partial charge in [0.2, 0.25) is 0 Å². The van der Waals surface area contributed by atoms with Gasteiger partial charge in [0.15, 0.2) is 11.5 Å². The van der Waals surface area contributed by atoms with Crippen molar-refractivity contribution in [1.29, 1.82) is 0 Å². The quantitative estimate of drug-likeness (QED) is 0.781. The van der Waals surface area contributed by atoms with Crippen LogP contribution in [0.15, 0.2) is 53.1 Å². The molecule has 0 aliphatic carbocycles. The Bertz CT molecular complexity index is 867. The number of aromatic nitrogens is 1. The van der Waals surface area contributed by atoms with Gasteiger partial charge >= 0.3 is 0 Å². The Morgan fingerprint density at radius 2 is 1.79 bits per heavy atom. The summed E-state index contributed by atoms with van der Waals surface area (Å²) in [6.45, 7) is 4.03. The van der Waals surface area contributed by atoms with Crippen molar-refractivity contribution < 1.29 is 14.1 Å². The van der Waals surface area contributed by atoms with Gasteiger partial charge in [0, 0.05) is 17.3 Å². The first kappa shape index (κ1) is 15.8. The average molecular weight is 322 g/mol. The van der Waals surface area contributed by atoms with E-state index in [9.17, 15) is 4.79 Å². The predicted molar refractivity (Wildman–Crippen MR) is 92.4 cm³/mol. The summed E-state index contributed by atoms with van der Waals surface area (Å²) in [7, 11) is 1.61. The zero-order valence-corrected chi connectivity index (χ0v) is 13.8. The van der Waals surface area contributed by atoms with E-state index in [1.807, 2.05) is 56.3 Å². The van der Waals surface area contributed by atoms with Crippen LogP contribution in [0.25, 0.3) is 11.3 Å². The highest BCUT2D eigenvalue weighted by Gasteiger charge is 2.14. The molecule has 0 aliphatic rings. The molecular formula is C19H18N2O3. The van der Waals surface area contributed by atoms with Crippen LogP contribution in [-0.2, 0) is 0 Å². The molecule has 0 saturated heterocycles. The molecule has 0 radical (unpaired) electrons. The molecule has 5 heteroatoms. The van der Waals surface area contributed by atoms with Gasteiger partial charge < -0.3 is 14.6 Å². The van der Waals surface area contributed by atoms with Gasteiger partial charge in [-0.15, -0.1) is 0 Å². The molecule has 122 valence electrons. The highest BCUT2D eigenvalue weighted by Crippen LogP contribution is 2.23. The summed E-state index contributed by atoms with van der Waals surface area (Å²) in [5.74, 6) is 0.982. The smallest absolute Gasteiger partial charge is 0.277 e. The molecule has 0 saturated carbocycles. The second-order valence-electron chi connectivity index (χ2n) is 5.56. The molecule has 2 aromatic carbocycles. The first-order valence-corrected chi connectivity index (χ1v) is 7.56. The first-order valence-electron chi connectivity index (χ1n) is 7.56. The number of rotatable bonds is 4. The molecule has 0 atom stereocenters. The van der Waals surface area contributed by atoms with E-state index in [0.29, 0.717) is 5.76 Å². The summed E-state index contributed by atoms with van der Waals surface area (Å²) in [5, 5.41) is 6.68. The number of anilines is 1. The van der Waals surface area contributed by atoms with Gasteiger partial charge in [0.1, 0.15) is 5.75 Å². The molecule has 1 amide bonds. The van der Waals surface area contributed by atoms with Gasteiger partial charge in [-0.05, 0) is 61.4 Å². The minimum absolute atomic E-state index is 0.235. The normalized spacial score (nSPS) is 10.5. The van der Waals surface area contributed by atoms with E-state index in [0.717, 1.165) is 22.6 Å². The van der Waals surface area contributed by atoms with E-state index in [1.165, 1.54) is 5.56 Å². The van der Waals surface area contributed by atoms with Crippen LogP contribution in [0.1, 0.15) is 21.6 Å². The number of hydrogen-bond acceptors (Lipinski definition) is 4. The van der Waals surface area contributed by atoms with Crippen LogP contribution < -0.4 is 10.1 Å². The number of aryl methyl sites for hydroxylation is 2. The number of methoxy groups -OCH3 is 1. The van der Waals surface area contributed by atoms with Crippen LogP contribution in [0, 0.1) is 13.8 Å². The summed E-state index contributed by atoms with van der Waals surface area (Å²) >= 11 is 0. The van der Waals surface area contributed by atoms with E-state index >= 15 is 0 Å². The minimum atomic E-state index is -0.304. The number of hydrogen-bond donors (Lipinski definition) is 1. The fourth-order valence-electron chi connectivity index (χ4n) is 2.29. The number of amides is 1. The topological polar surface area (TPSA) is 64.4 Å². The Morgan fingerprint density at radius 1 is 1.04 bits per heavy atom. The summed E-state index contributed by atoms with van der Waals surface area (Å²) < 4.78 is 10.4. The van der Waals surface area contributed by atoms with Crippen molar-refractivity contribution in [3.63, 3.8) is 0 Å². The lowest BCUT2D eigenvalue weighted by atomic mass is 10.1. The van der Waals surface area contributed by atoms with Gasteiger partial charge in [-0.25, -0.2) is 0 Å². The minimum Gasteiger partial charge on any atom is -0.497 e. The lowest BCUT2D eigenvalue weighted by Gasteiger charge is -2.05. The predicted octanol–water partition coefficient (Wildman–Crippen LogP) is 4.22. The van der Waals surface area contributed by atoms with Crippen LogP contribution in [0.5, 0.6) is 5.75 Å². The highest BCUT2D eigenvalue weighted by atomic mass is 16.5. The lowest BCUT2D eigenvalue weighted by Crippen LogP contribution is -2.12. The highest BCUT2D eigenvalue weighted by molar-refractivity contribution is 6.03. The fraction of sp³-hybridized carbons (Fsp3) is 0.158. The van der Waals surface area contributed by atoms with Gasteiger partial charge in [-0.2, -0.15) is 0 Å². The van der Waals surface area contributed by atoms with Crippen molar-refractivity contribution >= 4 is 11.6 Å². The number of carbonyl (C=O) groups is 1. The van der Waals surface area contributed by atoms with Crippen molar-refractivity contribution in [1.82, 2.24) is 5.16 Å². The summed E-state index contributed by atoms with van der Waals surface area (Å²) in [5.41, 5.74) is 4.09. The summed E-state index contributed by atoms with van der Waals surface area (Å²) in [6, 6.07) is 14.7. The largest absolute Gasteiger partial charge is 0.497 e. The monoisotopic (exact) mass is 322 g/mol. The number of benzene rings is 2. The van der Waals surface area contributed by atoms with Crippen LogP contribution in [0.2, 0.25) is 0 Å². The van der Waals surface area contributed by atoms with Crippen LogP contribution in [0.3, 0.4) is 0 Å². The van der Waals surface area contributed by atoms with E-state index < -0.39 is 0 Å². The van der Waals surface area contributed by atoms with Gasteiger partial charge in [-0.1, -0.05) is 11.2 Å². The second-order valence-corrected chi connectivity index (χ2v) is 5.56. The van der Waals surface area contributed by atoms with Crippen molar-refractivity contribution in [2.24, 2.45) is 0 Å². The van der Waals surface area contributed by atoms with E-state index in [2.05, 4.69) is 10.5 Å². The number of nitrogens with one attached hydrogen (secondary N) is 1. The molecule has 0 bridgehead atoms. The molecule has 5 nitrogen and oxygen atoms in total. The standard InChI is InChI=1S/C19H18N2O3/c1-12-4-7-15(10-13(12)2)20-19(22)17-11-18(24-21-17)14-5-8-16(23-3)9-6-14/h4-11H,1-3H3,(H,20,22). The molecule has 3 rings (SSSR count). The third-order valence-electron chi connectivity index (χ3n) is 3.88. The maximum Gasteiger partial charge on any atom is 0.277 e. The van der Waals surface area contributed by atoms with E-state index in [1.54, 1.807) is 13.2 Å². The number of carbonyl (C=O) groups excluding carboxylic acids is 1.